The Hall–Kier alpha value is -2.40. The zero-order valence-corrected chi connectivity index (χ0v) is 10.6. The van der Waals surface area contributed by atoms with Crippen LogP contribution in [0.25, 0.3) is 5.57 Å². The number of allylic oxidation sites excluding steroid dienone is 1. The highest BCUT2D eigenvalue weighted by Crippen LogP contribution is 2.38. The van der Waals surface area contributed by atoms with Crippen molar-refractivity contribution in [3.63, 3.8) is 0 Å². The third-order valence-electron chi connectivity index (χ3n) is 3.37. The number of benzene rings is 1. The zero-order chi connectivity index (χ0) is 14.8. The molecule has 2 rings (SSSR count). The van der Waals surface area contributed by atoms with E-state index >= 15 is 0 Å². The van der Waals surface area contributed by atoms with Gasteiger partial charge in [-0.3, -0.25) is 4.79 Å². The lowest BCUT2D eigenvalue weighted by Crippen LogP contribution is -2.35. The zero-order valence-electron chi connectivity index (χ0n) is 10.6. The van der Waals surface area contributed by atoms with Crippen molar-refractivity contribution in [2.45, 2.75) is 6.42 Å². The number of carboxylic acid groups (broad SMARTS) is 2. The van der Waals surface area contributed by atoms with Crippen LogP contribution in [-0.2, 0) is 9.59 Å². The van der Waals surface area contributed by atoms with Crippen LogP contribution in [0.5, 0.6) is 0 Å². The quantitative estimate of drug-likeness (QED) is 0.774. The van der Waals surface area contributed by atoms with Gasteiger partial charge in [0.15, 0.2) is 0 Å². The molecule has 0 radical (unpaired) electrons. The van der Waals surface area contributed by atoms with Crippen LogP contribution in [0.15, 0.2) is 48.1 Å². The van der Waals surface area contributed by atoms with Gasteiger partial charge in [0, 0.05) is 0 Å². The lowest BCUT2D eigenvalue weighted by Gasteiger charge is -2.29. The highest BCUT2D eigenvalue weighted by Gasteiger charge is 2.40. The van der Waals surface area contributed by atoms with E-state index in [2.05, 4.69) is 0 Å². The van der Waals surface area contributed by atoms with Crippen molar-refractivity contribution in [1.82, 2.24) is 0 Å². The summed E-state index contributed by atoms with van der Waals surface area (Å²) in [6.45, 7) is -0.650. The Morgan fingerprint density at radius 3 is 2.30 bits per heavy atom. The van der Waals surface area contributed by atoms with Gasteiger partial charge in [-0.25, -0.2) is 4.79 Å². The molecule has 1 unspecified atom stereocenters. The molecule has 0 spiro atoms. The minimum absolute atomic E-state index is 0.0552. The average molecular weight is 274 g/mol. The van der Waals surface area contributed by atoms with Gasteiger partial charge in [-0.05, 0) is 23.6 Å². The van der Waals surface area contributed by atoms with Crippen molar-refractivity contribution in [3.8, 4) is 0 Å². The SMILES string of the molecule is O=C(O)C1=CC(CO)(C(=O)O)CC(c2ccccc2)=C1. The van der Waals surface area contributed by atoms with E-state index < -0.39 is 24.0 Å². The Morgan fingerprint density at radius 2 is 1.80 bits per heavy atom. The highest BCUT2D eigenvalue weighted by molar-refractivity contribution is 5.96. The summed E-state index contributed by atoms with van der Waals surface area (Å²) in [7, 11) is 0. The van der Waals surface area contributed by atoms with E-state index in [4.69, 9.17) is 5.11 Å². The molecule has 1 atom stereocenters. The van der Waals surface area contributed by atoms with Crippen molar-refractivity contribution < 1.29 is 24.9 Å². The third-order valence-corrected chi connectivity index (χ3v) is 3.37. The summed E-state index contributed by atoms with van der Waals surface area (Å²) < 4.78 is 0. The van der Waals surface area contributed by atoms with Gasteiger partial charge < -0.3 is 15.3 Å². The van der Waals surface area contributed by atoms with E-state index in [0.717, 1.165) is 11.6 Å². The fourth-order valence-corrected chi connectivity index (χ4v) is 2.24. The summed E-state index contributed by atoms with van der Waals surface area (Å²) in [5, 5.41) is 27.9. The molecule has 20 heavy (non-hydrogen) atoms. The molecule has 0 aromatic heterocycles. The molecule has 0 amide bonds. The van der Waals surface area contributed by atoms with Gasteiger partial charge in [-0.15, -0.1) is 0 Å². The normalized spacial score (nSPS) is 21.9. The first-order chi connectivity index (χ1) is 9.48. The van der Waals surface area contributed by atoms with Crippen LogP contribution in [0.4, 0.5) is 0 Å². The Labute approximate surface area is 115 Å². The predicted molar refractivity (Wildman–Crippen MR) is 71.9 cm³/mol. The first-order valence-corrected chi connectivity index (χ1v) is 6.05. The second-order valence-electron chi connectivity index (χ2n) is 4.74. The molecule has 5 nitrogen and oxygen atoms in total. The average Bonchev–Trinajstić information content (AvgIpc) is 2.47. The van der Waals surface area contributed by atoms with E-state index in [0.29, 0.717) is 5.57 Å². The molecule has 0 aliphatic heterocycles. The van der Waals surface area contributed by atoms with Crippen LogP contribution in [-0.4, -0.2) is 33.9 Å². The second-order valence-corrected chi connectivity index (χ2v) is 4.74. The van der Waals surface area contributed by atoms with E-state index in [1.54, 1.807) is 24.3 Å². The molecule has 3 N–H and O–H groups in total. The number of aliphatic hydroxyl groups excluding tert-OH is 1. The largest absolute Gasteiger partial charge is 0.481 e. The van der Waals surface area contributed by atoms with Crippen LogP contribution in [0.3, 0.4) is 0 Å². The van der Waals surface area contributed by atoms with Crippen LogP contribution < -0.4 is 0 Å². The summed E-state index contributed by atoms with van der Waals surface area (Å²) in [4.78, 5) is 22.6. The summed E-state index contributed by atoms with van der Waals surface area (Å²) in [5.41, 5.74) is -0.375. The fourth-order valence-electron chi connectivity index (χ4n) is 2.24. The van der Waals surface area contributed by atoms with Gasteiger partial charge in [-0.2, -0.15) is 0 Å². The number of hydrogen-bond acceptors (Lipinski definition) is 3. The Kier molecular flexibility index (Phi) is 3.72. The monoisotopic (exact) mass is 274 g/mol. The van der Waals surface area contributed by atoms with E-state index in [9.17, 15) is 19.8 Å². The van der Waals surface area contributed by atoms with Gasteiger partial charge in [0.05, 0.1) is 12.2 Å². The second kappa shape index (κ2) is 5.30. The van der Waals surface area contributed by atoms with Gasteiger partial charge in [-0.1, -0.05) is 36.4 Å². The number of rotatable bonds is 4. The Bertz CT molecular complexity index is 600. The van der Waals surface area contributed by atoms with E-state index in [-0.39, 0.29) is 12.0 Å². The van der Waals surface area contributed by atoms with Crippen molar-refractivity contribution in [2.75, 3.05) is 6.61 Å². The van der Waals surface area contributed by atoms with Crippen LogP contribution in [0.1, 0.15) is 12.0 Å². The molecule has 0 saturated heterocycles. The highest BCUT2D eigenvalue weighted by atomic mass is 16.4. The van der Waals surface area contributed by atoms with Gasteiger partial charge in [0.25, 0.3) is 0 Å². The summed E-state index contributed by atoms with van der Waals surface area (Å²) in [5.74, 6) is -2.45. The van der Waals surface area contributed by atoms with Crippen molar-refractivity contribution in [3.05, 3.63) is 53.6 Å². The van der Waals surface area contributed by atoms with Gasteiger partial charge >= 0.3 is 11.9 Å². The fraction of sp³-hybridized carbons (Fsp3) is 0.200. The first-order valence-electron chi connectivity index (χ1n) is 6.05. The Morgan fingerprint density at radius 1 is 1.15 bits per heavy atom. The maximum Gasteiger partial charge on any atom is 0.335 e. The number of carbonyl (C=O) groups is 2. The molecular formula is C15H14O5. The molecule has 1 aromatic carbocycles. The van der Waals surface area contributed by atoms with Crippen LogP contribution in [0, 0.1) is 5.41 Å². The molecule has 5 heteroatoms. The molecule has 1 aromatic rings. The standard InChI is InChI=1S/C15H14O5/c16-9-15(14(19)20)7-11(6-12(8-15)13(17)18)10-4-2-1-3-5-10/h1-6,8,16H,7,9H2,(H,17,18)(H,19,20). The third kappa shape index (κ3) is 2.48. The maximum absolute atomic E-state index is 11.4. The molecule has 1 aliphatic carbocycles. The van der Waals surface area contributed by atoms with E-state index in [1.165, 1.54) is 6.08 Å². The summed E-state index contributed by atoms with van der Waals surface area (Å²) in [6.07, 6.45) is 2.62. The molecule has 0 heterocycles. The Balaban J connectivity index is 2.53. The minimum Gasteiger partial charge on any atom is -0.481 e. The van der Waals surface area contributed by atoms with Crippen molar-refractivity contribution in [2.24, 2.45) is 5.41 Å². The molecule has 0 saturated carbocycles. The number of aliphatic hydroxyl groups is 1. The van der Waals surface area contributed by atoms with Crippen LogP contribution in [0.2, 0.25) is 0 Å². The molecular weight excluding hydrogens is 260 g/mol. The number of hydrogen-bond donors (Lipinski definition) is 3. The molecule has 104 valence electrons. The molecule has 0 bridgehead atoms. The van der Waals surface area contributed by atoms with Crippen molar-refractivity contribution in [1.29, 1.82) is 0 Å². The minimum atomic E-state index is -1.59. The van der Waals surface area contributed by atoms with Crippen LogP contribution >= 0.6 is 0 Å². The lowest BCUT2D eigenvalue weighted by molar-refractivity contribution is -0.147. The van der Waals surface area contributed by atoms with Gasteiger partial charge in [0.1, 0.15) is 5.41 Å². The first kappa shape index (κ1) is 14.0. The van der Waals surface area contributed by atoms with Gasteiger partial charge in [0.2, 0.25) is 0 Å². The van der Waals surface area contributed by atoms with E-state index in [1.807, 2.05) is 6.07 Å². The summed E-state index contributed by atoms with van der Waals surface area (Å²) >= 11 is 0. The number of aliphatic carboxylic acids is 2. The summed E-state index contributed by atoms with van der Waals surface area (Å²) in [6, 6.07) is 8.95. The predicted octanol–water partition coefficient (Wildman–Crippen LogP) is 1.55. The molecule has 1 aliphatic rings. The van der Waals surface area contributed by atoms with Crippen molar-refractivity contribution >= 4 is 17.5 Å². The smallest absolute Gasteiger partial charge is 0.335 e. The molecule has 0 fully saturated rings. The lowest BCUT2D eigenvalue weighted by atomic mass is 9.75. The number of carboxylic acids is 2. The maximum atomic E-state index is 11.4. The topological polar surface area (TPSA) is 94.8 Å².